The van der Waals surface area contributed by atoms with Crippen LogP contribution in [0, 0.1) is 0 Å². The number of anilines is 1. The van der Waals surface area contributed by atoms with Crippen molar-refractivity contribution in [2.45, 2.75) is 19.3 Å². The zero-order valence-electron chi connectivity index (χ0n) is 21.0. The molecule has 0 fully saturated rings. The van der Waals surface area contributed by atoms with Gasteiger partial charge in [-0.05, 0) is 73.4 Å². The molecule has 0 saturated heterocycles. The van der Waals surface area contributed by atoms with E-state index in [2.05, 4.69) is 16.9 Å². The average Bonchev–Trinajstić information content (AvgIpc) is 2.95. The summed E-state index contributed by atoms with van der Waals surface area (Å²) in [7, 11) is 0. The number of nitrogens with one attached hydrogen (secondary N) is 1. The maximum absolute atomic E-state index is 6.09. The van der Waals surface area contributed by atoms with E-state index in [0.29, 0.717) is 19.0 Å². The summed E-state index contributed by atoms with van der Waals surface area (Å²) in [5.41, 5.74) is 10.7. The van der Waals surface area contributed by atoms with E-state index in [1.54, 1.807) is 0 Å². The van der Waals surface area contributed by atoms with Crippen LogP contribution >= 0.6 is 0 Å². The number of hydrogen-bond donors (Lipinski definition) is 2. The van der Waals surface area contributed by atoms with Crippen LogP contribution in [-0.4, -0.2) is 19.0 Å². The highest BCUT2D eigenvalue weighted by atomic mass is 16.5. The molecule has 0 aliphatic rings. The van der Waals surface area contributed by atoms with Crippen molar-refractivity contribution in [2.24, 2.45) is 10.7 Å². The molecule has 5 heteroatoms. The van der Waals surface area contributed by atoms with E-state index in [4.69, 9.17) is 15.2 Å². The van der Waals surface area contributed by atoms with Gasteiger partial charge in [-0.15, -0.1) is 0 Å². The molecule has 37 heavy (non-hydrogen) atoms. The Morgan fingerprint density at radius 1 is 0.649 bits per heavy atom. The second kappa shape index (κ2) is 13.5. The van der Waals surface area contributed by atoms with Gasteiger partial charge in [0, 0.05) is 16.9 Å². The van der Waals surface area contributed by atoms with Crippen molar-refractivity contribution in [2.75, 3.05) is 18.5 Å². The Balaban J connectivity index is 1.10. The van der Waals surface area contributed by atoms with Crippen molar-refractivity contribution >= 4 is 22.9 Å². The number of benzene rings is 4. The van der Waals surface area contributed by atoms with E-state index in [-0.39, 0.29) is 0 Å². The summed E-state index contributed by atoms with van der Waals surface area (Å²) in [4.78, 5) is 4.47. The molecule has 3 N–H and O–H groups in total. The van der Waals surface area contributed by atoms with Crippen LogP contribution in [0.2, 0.25) is 0 Å². The Morgan fingerprint density at radius 3 is 1.73 bits per heavy atom. The number of hydrogen-bond acceptors (Lipinski definition) is 4. The van der Waals surface area contributed by atoms with Gasteiger partial charge in [-0.25, -0.2) is 4.99 Å². The van der Waals surface area contributed by atoms with E-state index >= 15 is 0 Å². The molecule has 0 aromatic heterocycles. The van der Waals surface area contributed by atoms with Crippen molar-refractivity contribution in [3.05, 3.63) is 127 Å². The monoisotopic (exact) mass is 491 g/mol. The lowest BCUT2D eigenvalue weighted by Crippen LogP contribution is -2.12. The van der Waals surface area contributed by atoms with Gasteiger partial charge >= 0.3 is 0 Å². The minimum absolute atomic E-state index is 0.498. The standard InChI is InChI=1S/C32H33N3O2/c1-25(26-11-5-2-6-12-26)34-28-15-19-30(20-16-28)36-23-9-4-10-24-37-31-21-17-29(18-22-31)35-32(33)27-13-7-3-8-14-27/h2-3,5-8,11-22,34H,1,4,9-10,23-24H2,(H2,33,35). The number of nitrogens with zero attached hydrogens (tertiary/aromatic N) is 1. The van der Waals surface area contributed by atoms with Crippen LogP contribution in [0.3, 0.4) is 0 Å². The van der Waals surface area contributed by atoms with Crippen LogP contribution < -0.4 is 20.5 Å². The molecule has 0 radical (unpaired) electrons. The number of nitrogens with two attached hydrogens (primary N) is 1. The molecular weight excluding hydrogens is 458 g/mol. The number of rotatable bonds is 13. The Hall–Kier alpha value is -4.51. The summed E-state index contributed by atoms with van der Waals surface area (Å²) in [5.74, 6) is 2.19. The Labute approximate surface area is 219 Å². The molecular formula is C32H33N3O2. The molecule has 0 aliphatic carbocycles. The second-order valence-corrected chi connectivity index (χ2v) is 8.61. The first-order valence-corrected chi connectivity index (χ1v) is 12.5. The Kier molecular flexibility index (Phi) is 9.36. The molecule has 188 valence electrons. The van der Waals surface area contributed by atoms with Crippen molar-refractivity contribution in [3.8, 4) is 11.5 Å². The average molecular weight is 492 g/mol. The van der Waals surface area contributed by atoms with Gasteiger partial charge in [0.25, 0.3) is 0 Å². The van der Waals surface area contributed by atoms with Crippen LogP contribution in [0.4, 0.5) is 11.4 Å². The summed E-state index contributed by atoms with van der Waals surface area (Å²) >= 11 is 0. The third kappa shape index (κ3) is 8.29. The largest absolute Gasteiger partial charge is 0.494 e. The lowest BCUT2D eigenvalue weighted by atomic mass is 10.1. The number of amidine groups is 1. The summed E-state index contributed by atoms with van der Waals surface area (Å²) in [5, 5.41) is 3.33. The van der Waals surface area contributed by atoms with Crippen molar-refractivity contribution in [1.29, 1.82) is 0 Å². The molecule has 0 bridgehead atoms. The first-order chi connectivity index (χ1) is 18.2. The van der Waals surface area contributed by atoms with Crippen molar-refractivity contribution < 1.29 is 9.47 Å². The minimum Gasteiger partial charge on any atom is -0.494 e. The van der Waals surface area contributed by atoms with E-state index in [9.17, 15) is 0 Å². The highest BCUT2D eigenvalue weighted by Crippen LogP contribution is 2.21. The number of ether oxygens (including phenoxy) is 2. The molecule has 5 nitrogen and oxygen atoms in total. The van der Waals surface area contributed by atoms with Crippen LogP contribution in [0.25, 0.3) is 5.70 Å². The highest BCUT2D eigenvalue weighted by molar-refractivity contribution is 5.98. The fourth-order valence-corrected chi connectivity index (χ4v) is 3.71. The number of unbranched alkanes of at least 4 members (excludes halogenated alkanes) is 2. The lowest BCUT2D eigenvalue weighted by Gasteiger charge is -2.11. The third-order valence-electron chi connectivity index (χ3n) is 5.75. The van der Waals surface area contributed by atoms with Crippen LogP contribution in [-0.2, 0) is 0 Å². The fourth-order valence-electron chi connectivity index (χ4n) is 3.71. The number of aliphatic imine (C=N–C) groups is 1. The molecule has 0 saturated carbocycles. The van der Waals surface area contributed by atoms with Gasteiger partial charge in [0.1, 0.15) is 17.3 Å². The molecule has 0 aliphatic heterocycles. The van der Waals surface area contributed by atoms with Crippen molar-refractivity contribution in [1.82, 2.24) is 0 Å². The van der Waals surface area contributed by atoms with E-state index in [1.165, 1.54) is 0 Å². The fraction of sp³-hybridized carbons (Fsp3) is 0.156. The van der Waals surface area contributed by atoms with Gasteiger partial charge in [0.05, 0.1) is 18.9 Å². The zero-order chi connectivity index (χ0) is 25.7. The Bertz CT molecular complexity index is 1270. The van der Waals surface area contributed by atoms with Crippen LogP contribution in [0.15, 0.2) is 121 Å². The molecule has 4 aromatic rings. The first kappa shape index (κ1) is 25.6. The Morgan fingerprint density at radius 2 is 1.16 bits per heavy atom. The van der Waals surface area contributed by atoms with Gasteiger partial charge in [-0.2, -0.15) is 0 Å². The molecule has 0 unspecified atom stereocenters. The quantitative estimate of drug-likeness (QED) is 0.116. The maximum atomic E-state index is 6.09. The smallest absolute Gasteiger partial charge is 0.131 e. The van der Waals surface area contributed by atoms with Crippen LogP contribution in [0.5, 0.6) is 11.5 Å². The molecule has 0 amide bonds. The summed E-state index contributed by atoms with van der Waals surface area (Å²) in [6, 6.07) is 35.4. The van der Waals surface area contributed by atoms with Crippen LogP contribution in [0.1, 0.15) is 30.4 Å². The normalized spacial score (nSPS) is 11.1. The summed E-state index contributed by atoms with van der Waals surface area (Å²) < 4.78 is 11.7. The predicted octanol–water partition coefficient (Wildman–Crippen LogP) is 7.43. The molecule has 0 spiro atoms. The lowest BCUT2D eigenvalue weighted by molar-refractivity contribution is 0.279. The van der Waals surface area contributed by atoms with Gasteiger partial charge in [0.2, 0.25) is 0 Å². The third-order valence-corrected chi connectivity index (χ3v) is 5.75. The topological polar surface area (TPSA) is 68.9 Å². The maximum Gasteiger partial charge on any atom is 0.131 e. The SMILES string of the molecule is C=C(Nc1ccc(OCCCCCOc2ccc(N=C(N)c3ccccc3)cc2)cc1)c1ccccc1. The van der Waals surface area contributed by atoms with Gasteiger partial charge in [-0.3, -0.25) is 0 Å². The molecule has 0 heterocycles. The summed E-state index contributed by atoms with van der Waals surface area (Å²) in [6.45, 7) is 5.46. The minimum atomic E-state index is 0.498. The van der Waals surface area contributed by atoms with Crippen molar-refractivity contribution in [3.63, 3.8) is 0 Å². The first-order valence-electron chi connectivity index (χ1n) is 12.5. The van der Waals surface area contributed by atoms with Gasteiger partial charge < -0.3 is 20.5 Å². The van der Waals surface area contributed by atoms with Gasteiger partial charge in [0.15, 0.2) is 0 Å². The molecule has 4 rings (SSSR count). The predicted molar refractivity (Wildman–Crippen MR) is 154 cm³/mol. The summed E-state index contributed by atoms with van der Waals surface area (Å²) in [6.07, 6.45) is 2.97. The van der Waals surface area contributed by atoms with Gasteiger partial charge in [-0.1, -0.05) is 67.2 Å². The van der Waals surface area contributed by atoms with E-state index in [0.717, 1.165) is 59.0 Å². The zero-order valence-corrected chi connectivity index (χ0v) is 21.0. The highest BCUT2D eigenvalue weighted by Gasteiger charge is 2.01. The second-order valence-electron chi connectivity index (χ2n) is 8.61. The van der Waals surface area contributed by atoms with E-state index in [1.807, 2.05) is 109 Å². The van der Waals surface area contributed by atoms with E-state index < -0.39 is 0 Å². The molecule has 4 aromatic carbocycles. The molecule has 0 atom stereocenters.